The van der Waals surface area contributed by atoms with Crippen molar-refractivity contribution in [2.24, 2.45) is 17.0 Å². The molecular weight excluding hydrogens is 588 g/mol. The van der Waals surface area contributed by atoms with E-state index in [1.807, 2.05) is 18.2 Å². The molecule has 3 heterocycles. The second kappa shape index (κ2) is 11.8. The SMILES string of the molecule is CN1CCC(C=Cc2cccc(-c3cc(-c4nc(C(=O)O)cs4)n(CC4CC4)c3Cc3ccc(S(N)(=O)=O)c(F)c3)c2)C1. The summed E-state index contributed by atoms with van der Waals surface area (Å²) in [4.78, 5) is 17.8. The molecule has 2 fully saturated rings. The highest BCUT2D eigenvalue weighted by Gasteiger charge is 2.28. The number of nitrogens with two attached hydrogens (primary N) is 1. The van der Waals surface area contributed by atoms with Gasteiger partial charge in [0.05, 0.1) is 5.69 Å². The number of carbonyl (C=O) groups is 1. The topological polar surface area (TPSA) is 119 Å². The van der Waals surface area contributed by atoms with E-state index in [0.29, 0.717) is 28.8 Å². The van der Waals surface area contributed by atoms with E-state index in [-0.39, 0.29) is 5.69 Å². The summed E-state index contributed by atoms with van der Waals surface area (Å²) in [7, 11) is -2.06. The van der Waals surface area contributed by atoms with Crippen LogP contribution in [0.4, 0.5) is 4.39 Å². The van der Waals surface area contributed by atoms with E-state index in [9.17, 15) is 22.7 Å². The molecule has 2 aromatic heterocycles. The Kier molecular flexibility index (Phi) is 8.08. The van der Waals surface area contributed by atoms with E-state index >= 15 is 0 Å². The van der Waals surface area contributed by atoms with E-state index < -0.39 is 26.7 Å². The lowest BCUT2D eigenvalue weighted by atomic mass is 9.98. The summed E-state index contributed by atoms with van der Waals surface area (Å²) in [6.07, 6.45) is 8.09. The minimum absolute atomic E-state index is 0.00684. The van der Waals surface area contributed by atoms with Crippen molar-refractivity contribution in [3.63, 3.8) is 0 Å². The molecule has 2 aliphatic rings. The Morgan fingerprint density at radius 1 is 1.19 bits per heavy atom. The fraction of sp³-hybridized carbons (Fsp3) is 0.312. The van der Waals surface area contributed by atoms with Crippen LogP contribution in [0.25, 0.3) is 27.9 Å². The lowest BCUT2D eigenvalue weighted by Crippen LogP contribution is -2.14. The fourth-order valence-corrected chi connectivity index (χ4v) is 7.13. The van der Waals surface area contributed by atoms with Crippen LogP contribution in [0.5, 0.6) is 0 Å². The molecule has 1 aliphatic carbocycles. The Hall–Kier alpha value is -3.64. The second-order valence-electron chi connectivity index (χ2n) is 11.6. The van der Waals surface area contributed by atoms with Gasteiger partial charge in [-0.1, -0.05) is 36.4 Å². The molecule has 0 amide bonds. The summed E-state index contributed by atoms with van der Waals surface area (Å²) >= 11 is 1.28. The van der Waals surface area contributed by atoms with Crippen molar-refractivity contribution in [2.75, 3.05) is 20.1 Å². The standard InChI is InChI=1S/C32H33FN4O4S2/c1-36-12-11-22(17-36)6-5-20-3-2-4-24(13-20)25-16-29(31-35-27(19-42-31)32(38)39)37(18-21-7-8-21)28(25)15-23-9-10-30(26(33)14-23)43(34,40)41/h2-6,9-10,13-14,16,19,21-22H,7-8,11-12,15,17-18H2,1H3,(H,38,39)(H2,34,40,41). The Labute approximate surface area is 254 Å². The number of likely N-dealkylation sites (tertiary alicyclic amines) is 1. The third kappa shape index (κ3) is 6.65. The zero-order valence-electron chi connectivity index (χ0n) is 23.7. The van der Waals surface area contributed by atoms with Gasteiger partial charge in [-0.25, -0.2) is 27.7 Å². The lowest BCUT2D eigenvalue weighted by molar-refractivity contribution is 0.0691. The zero-order chi connectivity index (χ0) is 30.3. The number of sulfonamides is 1. The van der Waals surface area contributed by atoms with Crippen LogP contribution in [-0.2, 0) is 23.0 Å². The van der Waals surface area contributed by atoms with Gasteiger partial charge < -0.3 is 14.6 Å². The predicted molar refractivity (Wildman–Crippen MR) is 166 cm³/mol. The first-order valence-electron chi connectivity index (χ1n) is 14.2. The quantitative estimate of drug-likeness (QED) is 0.234. The summed E-state index contributed by atoms with van der Waals surface area (Å²) in [6.45, 7) is 2.86. The molecule has 0 bridgehead atoms. The van der Waals surface area contributed by atoms with Gasteiger partial charge in [0.15, 0.2) is 5.69 Å². The molecule has 1 aliphatic heterocycles. The normalized spacial score (nSPS) is 17.7. The molecule has 1 saturated carbocycles. The highest BCUT2D eigenvalue weighted by molar-refractivity contribution is 7.89. The molecule has 8 nitrogen and oxygen atoms in total. The van der Waals surface area contributed by atoms with Crippen molar-refractivity contribution in [1.82, 2.24) is 14.5 Å². The largest absolute Gasteiger partial charge is 0.476 e. The van der Waals surface area contributed by atoms with Crippen molar-refractivity contribution in [2.45, 2.75) is 37.1 Å². The monoisotopic (exact) mass is 620 g/mol. The number of carboxylic acid groups (broad SMARTS) is 1. The highest BCUT2D eigenvalue weighted by Crippen LogP contribution is 2.40. The summed E-state index contributed by atoms with van der Waals surface area (Å²) in [5.74, 6) is -0.977. The molecule has 1 unspecified atom stereocenters. The molecule has 0 spiro atoms. The van der Waals surface area contributed by atoms with Crippen LogP contribution in [-0.4, -0.2) is 54.1 Å². The maximum Gasteiger partial charge on any atom is 0.355 e. The van der Waals surface area contributed by atoms with Crippen LogP contribution in [0.15, 0.2) is 64.9 Å². The molecule has 1 atom stereocenters. The van der Waals surface area contributed by atoms with Crippen LogP contribution in [0.3, 0.4) is 0 Å². The molecule has 2 aromatic carbocycles. The Balaban J connectivity index is 1.45. The third-order valence-corrected chi connectivity index (χ3v) is 9.96. The van der Waals surface area contributed by atoms with Crippen molar-refractivity contribution in [1.29, 1.82) is 0 Å². The predicted octanol–water partition coefficient (Wildman–Crippen LogP) is 5.73. The van der Waals surface area contributed by atoms with Crippen LogP contribution in [0, 0.1) is 17.7 Å². The van der Waals surface area contributed by atoms with Crippen LogP contribution in [0.2, 0.25) is 0 Å². The molecule has 224 valence electrons. The molecular formula is C32H33FN4O4S2. The van der Waals surface area contributed by atoms with Crippen LogP contribution >= 0.6 is 11.3 Å². The van der Waals surface area contributed by atoms with Crippen molar-refractivity contribution in [3.8, 4) is 21.8 Å². The minimum Gasteiger partial charge on any atom is -0.476 e. The number of hydrogen-bond donors (Lipinski definition) is 2. The van der Waals surface area contributed by atoms with Gasteiger partial charge in [-0.05, 0) is 85.6 Å². The lowest BCUT2D eigenvalue weighted by Gasteiger charge is -2.15. The fourth-order valence-electron chi connectivity index (χ4n) is 5.72. The number of rotatable bonds is 10. The number of aromatic carboxylic acids is 1. The van der Waals surface area contributed by atoms with Crippen LogP contribution in [0.1, 0.15) is 46.6 Å². The molecule has 3 N–H and O–H groups in total. The van der Waals surface area contributed by atoms with Gasteiger partial charge >= 0.3 is 5.97 Å². The smallest absolute Gasteiger partial charge is 0.355 e. The number of thiazole rings is 1. The minimum atomic E-state index is -4.19. The van der Waals surface area contributed by atoms with Gasteiger partial charge in [0.1, 0.15) is 15.7 Å². The van der Waals surface area contributed by atoms with Gasteiger partial charge in [0.25, 0.3) is 0 Å². The van der Waals surface area contributed by atoms with Gasteiger partial charge in [-0.3, -0.25) is 0 Å². The van der Waals surface area contributed by atoms with E-state index in [4.69, 9.17) is 5.14 Å². The summed E-state index contributed by atoms with van der Waals surface area (Å²) < 4.78 is 40.7. The maximum atomic E-state index is 14.9. The van der Waals surface area contributed by atoms with E-state index in [1.165, 1.54) is 23.5 Å². The highest BCUT2D eigenvalue weighted by atomic mass is 32.2. The number of nitrogens with zero attached hydrogens (tertiary/aromatic N) is 3. The Bertz CT molecular complexity index is 1820. The number of hydrogen-bond acceptors (Lipinski definition) is 6. The van der Waals surface area contributed by atoms with Gasteiger partial charge in [0, 0.05) is 36.1 Å². The van der Waals surface area contributed by atoms with E-state index in [2.05, 4.69) is 45.8 Å². The Morgan fingerprint density at radius 2 is 2.00 bits per heavy atom. The molecule has 43 heavy (non-hydrogen) atoms. The van der Waals surface area contributed by atoms with Crippen molar-refractivity contribution in [3.05, 3.63) is 88.3 Å². The molecule has 4 aromatic rings. The molecule has 0 radical (unpaired) electrons. The van der Waals surface area contributed by atoms with E-state index in [1.54, 1.807) is 11.4 Å². The number of benzene rings is 2. The number of primary sulfonamides is 1. The number of aromatic nitrogens is 2. The summed E-state index contributed by atoms with van der Waals surface area (Å²) in [5.41, 5.74) is 5.32. The summed E-state index contributed by atoms with van der Waals surface area (Å²) in [6, 6.07) is 14.3. The third-order valence-electron chi connectivity index (χ3n) is 8.15. The van der Waals surface area contributed by atoms with Crippen LogP contribution < -0.4 is 5.14 Å². The molecule has 6 rings (SSSR count). The Morgan fingerprint density at radius 3 is 2.65 bits per heavy atom. The average molecular weight is 621 g/mol. The van der Waals surface area contributed by atoms with E-state index in [0.717, 1.165) is 67.0 Å². The van der Waals surface area contributed by atoms with Crippen molar-refractivity contribution < 1.29 is 22.7 Å². The molecule has 1 saturated heterocycles. The molecule has 11 heteroatoms. The van der Waals surface area contributed by atoms with Gasteiger partial charge in [-0.2, -0.15) is 0 Å². The first kappa shape index (κ1) is 29.4. The zero-order valence-corrected chi connectivity index (χ0v) is 25.4. The summed E-state index contributed by atoms with van der Waals surface area (Å²) in [5, 5.41) is 16.9. The van der Waals surface area contributed by atoms with Gasteiger partial charge in [-0.15, -0.1) is 11.3 Å². The number of halogens is 1. The average Bonchev–Trinajstić information content (AvgIpc) is 3.30. The maximum absolute atomic E-state index is 14.9. The first-order valence-corrected chi connectivity index (χ1v) is 16.7. The second-order valence-corrected chi connectivity index (χ2v) is 14.0. The first-order chi connectivity index (χ1) is 20.5. The van der Waals surface area contributed by atoms with Gasteiger partial charge in [0.2, 0.25) is 10.0 Å². The number of carboxylic acids is 1. The van der Waals surface area contributed by atoms with Crippen molar-refractivity contribution >= 4 is 33.4 Å².